The maximum atomic E-state index is 13.1. The molecule has 1 aromatic carbocycles. The monoisotopic (exact) mass is 261 g/mol. The molecule has 1 unspecified atom stereocenters. The van der Waals surface area contributed by atoms with Crippen molar-refractivity contribution in [2.45, 2.75) is 13.0 Å². The van der Waals surface area contributed by atoms with Crippen molar-refractivity contribution in [2.24, 2.45) is 0 Å². The molecule has 0 fully saturated rings. The fourth-order valence-electron chi connectivity index (χ4n) is 1.60. The molecule has 98 valence electrons. The number of rotatable bonds is 4. The van der Waals surface area contributed by atoms with Crippen molar-refractivity contribution in [3.8, 4) is 0 Å². The van der Waals surface area contributed by atoms with Gasteiger partial charge in [0.05, 0.1) is 6.04 Å². The van der Waals surface area contributed by atoms with E-state index in [1.807, 2.05) is 6.92 Å². The molecule has 0 aliphatic rings. The molecule has 1 atom stereocenters. The normalized spacial score (nSPS) is 11.9. The summed E-state index contributed by atoms with van der Waals surface area (Å²) in [6.07, 6.45) is 1.36. The number of carboxylic acids is 1. The summed E-state index contributed by atoms with van der Waals surface area (Å²) in [4.78, 5) is 18.6. The van der Waals surface area contributed by atoms with Gasteiger partial charge in [0, 0.05) is 6.20 Å². The van der Waals surface area contributed by atoms with Crippen LogP contribution in [0.3, 0.4) is 0 Å². The molecular weight excluding hydrogens is 249 g/mol. The first-order chi connectivity index (χ1) is 9.06. The third-order valence-corrected chi connectivity index (χ3v) is 2.57. The Labute approximate surface area is 109 Å². The largest absolute Gasteiger partial charge is 0.477 e. The molecule has 19 heavy (non-hydrogen) atoms. The molecule has 0 saturated carbocycles. The predicted octanol–water partition coefficient (Wildman–Crippen LogP) is 2.49. The van der Waals surface area contributed by atoms with Crippen LogP contribution in [0.5, 0.6) is 0 Å². The summed E-state index contributed by atoms with van der Waals surface area (Å²) >= 11 is 0. The molecule has 0 spiro atoms. The number of carboxylic acid groups (broad SMARTS) is 1. The number of halogens is 1. The van der Waals surface area contributed by atoms with E-state index < -0.39 is 5.97 Å². The first-order valence-corrected chi connectivity index (χ1v) is 5.64. The van der Waals surface area contributed by atoms with Gasteiger partial charge in [-0.15, -0.1) is 0 Å². The van der Waals surface area contributed by atoms with E-state index in [1.54, 1.807) is 12.1 Å². The van der Waals surface area contributed by atoms with Gasteiger partial charge in [-0.2, -0.15) is 0 Å². The van der Waals surface area contributed by atoms with Crippen LogP contribution < -0.4 is 5.32 Å². The number of aromatic carboxylic acids is 1. The van der Waals surface area contributed by atoms with Crippen molar-refractivity contribution in [3.05, 3.63) is 53.6 Å². The molecule has 0 saturated heterocycles. The molecule has 1 heterocycles. The number of nitrogens with zero attached hydrogens (tertiary/aromatic N) is 2. The lowest BCUT2D eigenvalue weighted by molar-refractivity contribution is 0.0690. The number of aromatic nitrogens is 2. The van der Waals surface area contributed by atoms with Crippen molar-refractivity contribution in [1.29, 1.82) is 0 Å². The molecule has 2 rings (SSSR count). The number of hydrogen-bond acceptors (Lipinski definition) is 4. The van der Waals surface area contributed by atoms with Gasteiger partial charge in [-0.1, -0.05) is 12.1 Å². The quantitative estimate of drug-likeness (QED) is 0.884. The van der Waals surface area contributed by atoms with E-state index in [0.717, 1.165) is 5.56 Å². The molecule has 2 N–H and O–H groups in total. The average Bonchev–Trinajstić information content (AvgIpc) is 2.39. The molecule has 2 aromatic rings. The number of anilines is 1. The smallest absolute Gasteiger partial charge is 0.354 e. The second kappa shape index (κ2) is 5.43. The van der Waals surface area contributed by atoms with Crippen LogP contribution in [0.1, 0.15) is 29.0 Å². The number of nitrogens with one attached hydrogen (secondary N) is 1. The maximum Gasteiger partial charge on any atom is 0.354 e. The fourth-order valence-corrected chi connectivity index (χ4v) is 1.60. The van der Waals surface area contributed by atoms with Gasteiger partial charge in [-0.3, -0.25) is 0 Å². The molecule has 0 amide bonds. The lowest BCUT2D eigenvalue weighted by Crippen LogP contribution is -2.11. The van der Waals surface area contributed by atoms with Crippen molar-refractivity contribution in [2.75, 3.05) is 5.32 Å². The Balaban J connectivity index is 2.17. The number of benzene rings is 1. The zero-order valence-corrected chi connectivity index (χ0v) is 10.2. The van der Waals surface area contributed by atoms with Crippen LogP contribution in [0, 0.1) is 5.82 Å². The molecule has 0 radical (unpaired) electrons. The summed E-state index contributed by atoms with van der Waals surface area (Å²) in [5.74, 6) is -1.26. The minimum Gasteiger partial charge on any atom is -0.477 e. The minimum absolute atomic E-state index is 0.0936. The summed E-state index contributed by atoms with van der Waals surface area (Å²) in [7, 11) is 0. The molecule has 0 aliphatic carbocycles. The van der Waals surface area contributed by atoms with Crippen LogP contribution in [0.25, 0.3) is 0 Å². The molecule has 0 aliphatic heterocycles. The second-order valence-electron chi connectivity index (χ2n) is 3.99. The topological polar surface area (TPSA) is 75.1 Å². The van der Waals surface area contributed by atoms with Gasteiger partial charge in [0.15, 0.2) is 5.69 Å². The zero-order chi connectivity index (χ0) is 13.8. The first-order valence-electron chi connectivity index (χ1n) is 5.64. The van der Waals surface area contributed by atoms with Crippen LogP contribution in [0.4, 0.5) is 10.3 Å². The van der Waals surface area contributed by atoms with Crippen molar-refractivity contribution in [1.82, 2.24) is 9.97 Å². The standard InChI is InChI=1S/C13H12FN3O2/c1-8(9-3-2-4-10(14)7-9)16-13-15-6-5-11(17-13)12(18)19/h2-8H,1H3,(H,18,19)(H,15,16,17). The Kier molecular flexibility index (Phi) is 3.70. The molecule has 6 heteroatoms. The van der Waals surface area contributed by atoms with Crippen LogP contribution in [-0.2, 0) is 0 Å². The van der Waals surface area contributed by atoms with Crippen LogP contribution in [0.2, 0.25) is 0 Å². The summed E-state index contributed by atoms with van der Waals surface area (Å²) < 4.78 is 13.1. The highest BCUT2D eigenvalue weighted by molar-refractivity contribution is 5.85. The highest BCUT2D eigenvalue weighted by atomic mass is 19.1. The molecule has 5 nitrogen and oxygen atoms in total. The van der Waals surface area contributed by atoms with Gasteiger partial charge in [-0.05, 0) is 30.7 Å². The van der Waals surface area contributed by atoms with E-state index in [1.165, 1.54) is 24.4 Å². The predicted molar refractivity (Wildman–Crippen MR) is 67.4 cm³/mol. The van der Waals surface area contributed by atoms with E-state index in [9.17, 15) is 9.18 Å². The Bertz CT molecular complexity index is 604. The van der Waals surface area contributed by atoms with E-state index >= 15 is 0 Å². The molecule has 1 aromatic heterocycles. The van der Waals surface area contributed by atoms with Crippen LogP contribution in [-0.4, -0.2) is 21.0 Å². The number of carbonyl (C=O) groups is 1. The third kappa shape index (κ3) is 3.25. The van der Waals surface area contributed by atoms with E-state index in [4.69, 9.17) is 5.11 Å². The van der Waals surface area contributed by atoms with Crippen molar-refractivity contribution < 1.29 is 14.3 Å². The second-order valence-corrected chi connectivity index (χ2v) is 3.99. The average molecular weight is 261 g/mol. The Hall–Kier alpha value is -2.50. The van der Waals surface area contributed by atoms with E-state index in [0.29, 0.717) is 0 Å². The van der Waals surface area contributed by atoms with Gasteiger partial charge < -0.3 is 10.4 Å². The van der Waals surface area contributed by atoms with Gasteiger partial charge in [-0.25, -0.2) is 19.2 Å². The Morgan fingerprint density at radius 3 is 2.89 bits per heavy atom. The van der Waals surface area contributed by atoms with Crippen LogP contribution >= 0.6 is 0 Å². The number of hydrogen-bond donors (Lipinski definition) is 2. The summed E-state index contributed by atoms with van der Waals surface area (Å²) in [6, 6.07) is 7.20. The summed E-state index contributed by atoms with van der Waals surface area (Å²) in [5.41, 5.74) is 0.633. The summed E-state index contributed by atoms with van der Waals surface area (Å²) in [5, 5.41) is 11.8. The van der Waals surface area contributed by atoms with Gasteiger partial charge in [0.25, 0.3) is 0 Å². The maximum absolute atomic E-state index is 13.1. The third-order valence-electron chi connectivity index (χ3n) is 2.57. The minimum atomic E-state index is -1.12. The molecular formula is C13H12FN3O2. The van der Waals surface area contributed by atoms with Gasteiger partial charge >= 0.3 is 5.97 Å². The first kappa shape index (κ1) is 12.9. The Morgan fingerprint density at radius 1 is 1.42 bits per heavy atom. The molecule has 0 bridgehead atoms. The lowest BCUT2D eigenvalue weighted by Gasteiger charge is -2.14. The lowest BCUT2D eigenvalue weighted by atomic mass is 10.1. The zero-order valence-electron chi connectivity index (χ0n) is 10.2. The van der Waals surface area contributed by atoms with E-state index in [2.05, 4.69) is 15.3 Å². The summed E-state index contributed by atoms with van der Waals surface area (Å²) in [6.45, 7) is 1.81. The van der Waals surface area contributed by atoms with Gasteiger partial charge in [0.1, 0.15) is 5.82 Å². The van der Waals surface area contributed by atoms with Crippen LogP contribution in [0.15, 0.2) is 36.5 Å². The highest BCUT2D eigenvalue weighted by Crippen LogP contribution is 2.17. The van der Waals surface area contributed by atoms with Crippen molar-refractivity contribution in [3.63, 3.8) is 0 Å². The van der Waals surface area contributed by atoms with E-state index in [-0.39, 0.29) is 23.5 Å². The Morgan fingerprint density at radius 2 is 2.21 bits per heavy atom. The van der Waals surface area contributed by atoms with Gasteiger partial charge in [0.2, 0.25) is 5.95 Å². The fraction of sp³-hybridized carbons (Fsp3) is 0.154. The highest BCUT2D eigenvalue weighted by Gasteiger charge is 2.10. The van der Waals surface area contributed by atoms with Crippen molar-refractivity contribution >= 4 is 11.9 Å². The SMILES string of the molecule is CC(Nc1nccc(C(=O)O)n1)c1cccc(F)c1.